The number of hydrogen-bond donors (Lipinski definition) is 3. The third-order valence-corrected chi connectivity index (χ3v) is 5.42. The first-order chi connectivity index (χ1) is 15.1. The lowest BCUT2D eigenvalue weighted by atomic mass is 9.92. The van der Waals surface area contributed by atoms with Crippen molar-refractivity contribution in [2.45, 2.75) is 50.4 Å². The zero-order valence-electron chi connectivity index (χ0n) is 17.5. The topological polar surface area (TPSA) is 129 Å². The minimum absolute atomic E-state index is 0.0173. The predicted molar refractivity (Wildman–Crippen MR) is 109 cm³/mol. The smallest absolute Gasteiger partial charge is 0.373 e. The molecule has 4 N–H and O–H groups in total. The number of para-hydroxylation sites is 1. The van der Waals surface area contributed by atoms with Gasteiger partial charge in [0.2, 0.25) is 5.60 Å². The Morgan fingerprint density at radius 1 is 1.38 bits per heavy atom. The summed E-state index contributed by atoms with van der Waals surface area (Å²) in [5.41, 5.74) is 0.358. The number of aromatic nitrogens is 2. The third-order valence-electron chi connectivity index (χ3n) is 5.42. The fraction of sp³-hybridized carbons (Fsp3) is 0.450. The SMILES string of the molecule is C[C@@H]1CC[C@@H](c2noc([C@](C)(O)C(F)(F)F)n2)CN1C(=O)c1ccccc1N/N=C\C=[NH2+]. The monoisotopic (exact) mass is 453 g/mol. The highest BCUT2D eigenvalue weighted by molar-refractivity contribution is 6.13. The summed E-state index contributed by atoms with van der Waals surface area (Å²) in [5, 5.41) is 22.6. The molecule has 1 saturated heterocycles. The second kappa shape index (κ2) is 9.07. The number of amides is 1. The van der Waals surface area contributed by atoms with Crippen LogP contribution in [0.5, 0.6) is 0 Å². The second-order valence-electron chi connectivity index (χ2n) is 7.74. The lowest BCUT2D eigenvalue weighted by Crippen LogP contribution is -2.45. The number of anilines is 1. The van der Waals surface area contributed by atoms with Gasteiger partial charge in [-0.2, -0.15) is 23.3 Å². The highest BCUT2D eigenvalue weighted by Gasteiger charge is 2.55. The van der Waals surface area contributed by atoms with Crippen molar-refractivity contribution in [3.05, 3.63) is 41.5 Å². The maximum Gasteiger partial charge on any atom is 0.426 e. The molecule has 0 aliphatic carbocycles. The molecule has 9 nitrogen and oxygen atoms in total. The molecule has 1 aromatic heterocycles. The molecule has 0 radical (unpaired) electrons. The van der Waals surface area contributed by atoms with E-state index in [1.165, 1.54) is 12.4 Å². The molecule has 12 heteroatoms. The molecule has 3 atom stereocenters. The first-order valence-electron chi connectivity index (χ1n) is 9.92. The van der Waals surface area contributed by atoms with E-state index in [1.807, 2.05) is 6.92 Å². The number of rotatable bonds is 6. The number of hydrazone groups is 1. The van der Waals surface area contributed by atoms with Crippen LogP contribution in [0.15, 0.2) is 33.9 Å². The molecule has 172 valence electrons. The van der Waals surface area contributed by atoms with E-state index >= 15 is 0 Å². The zero-order chi connectivity index (χ0) is 23.5. The Bertz CT molecular complexity index is 1000. The van der Waals surface area contributed by atoms with Gasteiger partial charge in [0.1, 0.15) is 6.21 Å². The summed E-state index contributed by atoms with van der Waals surface area (Å²) in [7, 11) is 0. The predicted octanol–water partition coefficient (Wildman–Crippen LogP) is 1.48. The number of nitrogens with two attached hydrogens (primary N) is 1. The molecule has 1 aromatic carbocycles. The first kappa shape index (κ1) is 23.4. The summed E-state index contributed by atoms with van der Waals surface area (Å²) < 4.78 is 43.9. The molecule has 32 heavy (non-hydrogen) atoms. The lowest BCUT2D eigenvalue weighted by molar-refractivity contribution is -0.267. The Balaban J connectivity index is 1.82. The Labute approximate surface area is 181 Å². The molecule has 3 rings (SSSR count). The highest BCUT2D eigenvalue weighted by atomic mass is 19.4. The molecule has 0 spiro atoms. The van der Waals surface area contributed by atoms with Gasteiger partial charge in [0.15, 0.2) is 12.0 Å². The van der Waals surface area contributed by atoms with E-state index in [4.69, 9.17) is 9.93 Å². The van der Waals surface area contributed by atoms with Gasteiger partial charge in [0.05, 0.1) is 11.3 Å². The van der Waals surface area contributed by atoms with E-state index in [0.29, 0.717) is 31.0 Å². The molecule has 1 fully saturated rings. The van der Waals surface area contributed by atoms with Gasteiger partial charge in [-0.05, 0) is 38.8 Å². The van der Waals surface area contributed by atoms with E-state index in [1.54, 1.807) is 29.2 Å². The van der Waals surface area contributed by atoms with Crippen LogP contribution >= 0.6 is 0 Å². The van der Waals surface area contributed by atoms with Crippen molar-refractivity contribution in [1.82, 2.24) is 15.0 Å². The molecule has 0 unspecified atom stereocenters. The van der Waals surface area contributed by atoms with E-state index in [-0.39, 0.29) is 24.3 Å². The van der Waals surface area contributed by atoms with Crippen molar-refractivity contribution in [1.29, 1.82) is 0 Å². The third kappa shape index (κ3) is 4.64. The van der Waals surface area contributed by atoms with Crippen molar-refractivity contribution in [3.8, 4) is 0 Å². The van der Waals surface area contributed by atoms with Gasteiger partial charge in [-0.3, -0.25) is 15.6 Å². The van der Waals surface area contributed by atoms with Crippen molar-refractivity contribution in [2.75, 3.05) is 12.0 Å². The normalized spacial score (nSPS) is 21.4. The maximum absolute atomic E-state index is 13.3. The number of piperidine rings is 1. The number of benzene rings is 1. The number of carbonyl (C=O) groups is 1. The van der Waals surface area contributed by atoms with Gasteiger partial charge in [-0.25, -0.2) is 0 Å². The van der Waals surface area contributed by atoms with Crippen LogP contribution in [0.2, 0.25) is 0 Å². The Morgan fingerprint density at radius 3 is 2.78 bits per heavy atom. The molecular formula is C20H24F3N6O3+. The molecular weight excluding hydrogens is 429 g/mol. The minimum atomic E-state index is -4.97. The van der Waals surface area contributed by atoms with Crippen LogP contribution in [0.25, 0.3) is 0 Å². The molecule has 2 heterocycles. The molecule has 0 saturated carbocycles. The van der Waals surface area contributed by atoms with Gasteiger partial charge in [-0.1, -0.05) is 17.3 Å². The number of nitrogens with zero attached hydrogens (tertiary/aromatic N) is 4. The average Bonchev–Trinajstić information content (AvgIpc) is 3.24. The van der Waals surface area contributed by atoms with E-state index in [9.17, 15) is 23.1 Å². The quantitative estimate of drug-likeness (QED) is 0.449. The largest absolute Gasteiger partial charge is 0.426 e. The van der Waals surface area contributed by atoms with E-state index in [2.05, 4.69) is 20.7 Å². The van der Waals surface area contributed by atoms with Gasteiger partial charge in [0, 0.05) is 18.5 Å². The van der Waals surface area contributed by atoms with Crippen LogP contribution < -0.4 is 10.8 Å². The number of alkyl halides is 3. The zero-order valence-corrected chi connectivity index (χ0v) is 17.5. The molecule has 0 bridgehead atoms. The Kier molecular flexibility index (Phi) is 6.63. The summed E-state index contributed by atoms with van der Waals surface area (Å²) in [6.45, 7) is 2.63. The minimum Gasteiger partial charge on any atom is -0.373 e. The highest BCUT2D eigenvalue weighted by Crippen LogP contribution is 2.38. The fourth-order valence-corrected chi connectivity index (χ4v) is 3.39. The lowest BCUT2D eigenvalue weighted by Gasteiger charge is -2.37. The van der Waals surface area contributed by atoms with Gasteiger partial charge < -0.3 is 14.5 Å². The van der Waals surface area contributed by atoms with Crippen molar-refractivity contribution in [3.63, 3.8) is 0 Å². The Morgan fingerprint density at radius 2 is 2.09 bits per heavy atom. The van der Waals surface area contributed by atoms with E-state index in [0.717, 1.165) is 0 Å². The molecule has 1 aliphatic heterocycles. The van der Waals surface area contributed by atoms with Crippen molar-refractivity contribution in [2.24, 2.45) is 5.10 Å². The van der Waals surface area contributed by atoms with Crippen LogP contribution in [0.1, 0.15) is 54.7 Å². The van der Waals surface area contributed by atoms with Crippen LogP contribution in [0, 0.1) is 0 Å². The second-order valence-corrected chi connectivity index (χ2v) is 7.74. The van der Waals surface area contributed by atoms with Crippen LogP contribution in [-0.4, -0.2) is 57.2 Å². The number of halogens is 3. The average molecular weight is 453 g/mol. The summed E-state index contributed by atoms with van der Waals surface area (Å²) >= 11 is 0. The number of hydrogen-bond acceptors (Lipinski definition) is 7. The van der Waals surface area contributed by atoms with Crippen LogP contribution in [0.3, 0.4) is 0 Å². The van der Waals surface area contributed by atoms with Gasteiger partial charge in [-0.15, -0.1) is 0 Å². The first-order valence-corrected chi connectivity index (χ1v) is 9.92. The van der Waals surface area contributed by atoms with Crippen molar-refractivity contribution >= 4 is 24.0 Å². The van der Waals surface area contributed by atoms with Gasteiger partial charge >= 0.3 is 6.18 Å². The summed E-state index contributed by atoms with van der Waals surface area (Å²) in [6.07, 6.45) is -1.25. The number of nitrogens with one attached hydrogen (secondary N) is 1. The Hall–Kier alpha value is -3.28. The molecule has 1 aliphatic rings. The molecule has 2 aromatic rings. The number of likely N-dealkylation sites (tertiary alicyclic amines) is 1. The summed E-state index contributed by atoms with van der Waals surface area (Å²) in [4.78, 5) is 18.7. The fourth-order valence-electron chi connectivity index (χ4n) is 3.39. The summed E-state index contributed by atoms with van der Waals surface area (Å²) in [5.74, 6) is -1.63. The number of aliphatic hydroxyl groups is 1. The van der Waals surface area contributed by atoms with Crippen LogP contribution in [-0.2, 0) is 5.60 Å². The maximum atomic E-state index is 13.3. The van der Waals surface area contributed by atoms with E-state index < -0.39 is 23.6 Å². The van der Waals surface area contributed by atoms with Crippen molar-refractivity contribution < 1.29 is 33.0 Å². The van der Waals surface area contributed by atoms with Gasteiger partial charge in [0.25, 0.3) is 11.8 Å². The van der Waals surface area contributed by atoms with Crippen LogP contribution in [0.4, 0.5) is 18.9 Å². The molecule has 1 amide bonds. The number of carbonyl (C=O) groups excluding carboxylic acids is 1. The summed E-state index contributed by atoms with van der Waals surface area (Å²) in [6, 6.07) is 6.69. The standard InChI is InChI=1S/C20H23F3N6O3/c1-12-7-8-13(16-26-18(32-28-16)19(2,31)20(21,22)23)11-29(12)17(30)14-5-3-4-6-15(14)27-25-10-9-24/h3-6,9-10,12-13,24,27,31H,7-8,11H2,1-2H3/p+1/b24-9?,25-10-/t12-,13-,19+/m1/s1.